The van der Waals surface area contributed by atoms with Crippen molar-refractivity contribution in [2.75, 3.05) is 19.0 Å². The number of terminal acetylenes is 1. The minimum Gasteiger partial charge on any atom is -0.354 e. The van der Waals surface area contributed by atoms with E-state index in [1.807, 2.05) is 25.2 Å². The summed E-state index contributed by atoms with van der Waals surface area (Å²) < 4.78 is 0. The number of hydrogen-bond donors (Lipinski definition) is 0. The van der Waals surface area contributed by atoms with E-state index >= 15 is 0 Å². The third-order valence-electron chi connectivity index (χ3n) is 2.37. The van der Waals surface area contributed by atoms with E-state index in [0.29, 0.717) is 0 Å². The molecule has 1 aromatic heterocycles. The first-order chi connectivity index (χ1) is 6.18. The van der Waals surface area contributed by atoms with Gasteiger partial charge in [-0.2, -0.15) is 0 Å². The van der Waals surface area contributed by atoms with Gasteiger partial charge < -0.3 is 4.90 Å². The third kappa shape index (κ3) is 1.31. The molecule has 0 unspecified atom stereocenters. The predicted molar refractivity (Wildman–Crippen MR) is 56.2 cm³/mol. The van der Waals surface area contributed by atoms with Crippen LogP contribution < -0.4 is 4.90 Å². The van der Waals surface area contributed by atoms with Crippen LogP contribution in [0.3, 0.4) is 0 Å². The monoisotopic (exact) mass is 192 g/mol. The molecule has 3 heteroatoms. The molecule has 0 saturated heterocycles. The Labute approximate surface area is 82.6 Å². The van der Waals surface area contributed by atoms with Crippen LogP contribution in [0.25, 0.3) is 0 Å². The van der Waals surface area contributed by atoms with E-state index in [2.05, 4.69) is 10.9 Å². The Morgan fingerprint density at radius 1 is 1.62 bits per heavy atom. The fourth-order valence-corrected chi connectivity index (χ4v) is 2.33. The summed E-state index contributed by atoms with van der Waals surface area (Å²) in [6, 6.07) is 0. The van der Waals surface area contributed by atoms with E-state index in [1.165, 1.54) is 4.88 Å². The Kier molecular flexibility index (Phi) is 1.81. The minimum atomic E-state index is 0.0475. The number of nitrogens with zero attached hydrogens (tertiary/aromatic N) is 2. The van der Waals surface area contributed by atoms with Gasteiger partial charge in [-0.3, -0.25) is 0 Å². The molecule has 68 valence electrons. The van der Waals surface area contributed by atoms with Gasteiger partial charge in [-0.05, 0) is 12.8 Å². The van der Waals surface area contributed by atoms with Gasteiger partial charge in [0.25, 0.3) is 0 Å². The molecule has 1 saturated carbocycles. The van der Waals surface area contributed by atoms with Crippen LogP contribution in [0.15, 0.2) is 6.20 Å². The molecule has 1 aromatic rings. The second-order valence-corrected chi connectivity index (χ2v) is 4.64. The molecule has 1 aliphatic rings. The molecule has 13 heavy (non-hydrogen) atoms. The number of thiazole rings is 1. The second-order valence-electron chi connectivity index (χ2n) is 3.63. The van der Waals surface area contributed by atoms with Crippen molar-refractivity contribution in [2.45, 2.75) is 18.3 Å². The number of rotatable bonds is 2. The Balaban J connectivity index is 2.29. The molecule has 0 atom stereocenters. The number of hydrogen-bond acceptors (Lipinski definition) is 3. The standard InChI is InChI=1S/C10H12N2S/c1-4-10(5-6-10)8-7-11-9(13-8)12(2)3/h1,7H,5-6H2,2-3H3. The molecule has 0 N–H and O–H groups in total. The first-order valence-corrected chi connectivity index (χ1v) is 5.11. The van der Waals surface area contributed by atoms with Gasteiger partial charge in [-0.25, -0.2) is 4.98 Å². The Bertz CT molecular complexity index is 355. The average molecular weight is 192 g/mol. The van der Waals surface area contributed by atoms with Gasteiger partial charge in [-0.1, -0.05) is 5.92 Å². The Morgan fingerprint density at radius 3 is 2.69 bits per heavy atom. The molecule has 0 bridgehead atoms. The summed E-state index contributed by atoms with van der Waals surface area (Å²) in [5.41, 5.74) is 0.0475. The largest absolute Gasteiger partial charge is 0.354 e. The van der Waals surface area contributed by atoms with Crippen LogP contribution in [-0.2, 0) is 5.41 Å². The maximum atomic E-state index is 5.50. The maximum Gasteiger partial charge on any atom is 0.185 e. The van der Waals surface area contributed by atoms with Crippen LogP contribution in [-0.4, -0.2) is 19.1 Å². The average Bonchev–Trinajstić information content (AvgIpc) is 2.75. The predicted octanol–water partition coefficient (Wildman–Crippen LogP) is 1.87. The van der Waals surface area contributed by atoms with Gasteiger partial charge in [0.1, 0.15) is 0 Å². The number of anilines is 1. The van der Waals surface area contributed by atoms with Gasteiger partial charge in [0.15, 0.2) is 5.13 Å². The first kappa shape index (κ1) is 8.58. The van der Waals surface area contributed by atoms with Gasteiger partial charge in [0.05, 0.1) is 5.41 Å². The lowest BCUT2D eigenvalue weighted by atomic mass is 10.1. The fraction of sp³-hybridized carbons (Fsp3) is 0.500. The van der Waals surface area contributed by atoms with Crippen molar-refractivity contribution in [2.24, 2.45) is 0 Å². The van der Waals surface area contributed by atoms with Crippen molar-refractivity contribution < 1.29 is 0 Å². The van der Waals surface area contributed by atoms with E-state index in [-0.39, 0.29) is 5.41 Å². The maximum absolute atomic E-state index is 5.50. The molecule has 1 aliphatic carbocycles. The van der Waals surface area contributed by atoms with Gasteiger partial charge in [0, 0.05) is 25.2 Å². The molecule has 1 fully saturated rings. The molecule has 0 amide bonds. The second kappa shape index (κ2) is 2.74. The Morgan fingerprint density at radius 2 is 2.31 bits per heavy atom. The van der Waals surface area contributed by atoms with Crippen LogP contribution >= 0.6 is 11.3 Å². The highest BCUT2D eigenvalue weighted by Crippen LogP contribution is 2.50. The zero-order chi connectivity index (χ0) is 9.47. The normalized spacial score (nSPS) is 17.9. The van der Waals surface area contributed by atoms with Crippen LogP contribution in [0.5, 0.6) is 0 Å². The van der Waals surface area contributed by atoms with Crippen molar-refractivity contribution in [3.05, 3.63) is 11.1 Å². The summed E-state index contributed by atoms with van der Waals surface area (Å²) >= 11 is 1.71. The zero-order valence-electron chi connectivity index (χ0n) is 7.87. The molecule has 2 nitrogen and oxygen atoms in total. The first-order valence-electron chi connectivity index (χ1n) is 4.29. The van der Waals surface area contributed by atoms with Crippen molar-refractivity contribution in [1.82, 2.24) is 4.98 Å². The third-order valence-corrected chi connectivity index (χ3v) is 3.74. The summed E-state index contributed by atoms with van der Waals surface area (Å²) in [6.07, 6.45) is 9.67. The van der Waals surface area contributed by atoms with Crippen LogP contribution in [0.1, 0.15) is 17.7 Å². The zero-order valence-corrected chi connectivity index (χ0v) is 8.69. The van der Waals surface area contributed by atoms with E-state index < -0.39 is 0 Å². The van der Waals surface area contributed by atoms with Crippen molar-refractivity contribution >= 4 is 16.5 Å². The molecular formula is C10H12N2S. The highest BCUT2D eigenvalue weighted by Gasteiger charge is 2.44. The summed E-state index contributed by atoms with van der Waals surface area (Å²) in [6.45, 7) is 0. The smallest absolute Gasteiger partial charge is 0.185 e. The quantitative estimate of drug-likeness (QED) is 0.665. The minimum absolute atomic E-state index is 0.0475. The van der Waals surface area contributed by atoms with E-state index in [1.54, 1.807) is 11.3 Å². The van der Waals surface area contributed by atoms with E-state index in [9.17, 15) is 0 Å². The van der Waals surface area contributed by atoms with Crippen LogP contribution in [0.4, 0.5) is 5.13 Å². The van der Waals surface area contributed by atoms with E-state index in [0.717, 1.165) is 18.0 Å². The molecule has 0 aliphatic heterocycles. The molecule has 0 spiro atoms. The van der Waals surface area contributed by atoms with Crippen molar-refractivity contribution in [3.8, 4) is 12.3 Å². The lowest BCUT2D eigenvalue weighted by Gasteiger charge is -2.06. The topological polar surface area (TPSA) is 16.1 Å². The number of aromatic nitrogens is 1. The SMILES string of the molecule is C#CC1(c2cnc(N(C)C)s2)CC1. The van der Waals surface area contributed by atoms with Crippen LogP contribution in [0, 0.1) is 12.3 Å². The summed E-state index contributed by atoms with van der Waals surface area (Å²) in [5, 5.41) is 1.04. The van der Waals surface area contributed by atoms with Gasteiger partial charge in [-0.15, -0.1) is 17.8 Å². The van der Waals surface area contributed by atoms with Crippen molar-refractivity contribution in [1.29, 1.82) is 0 Å². The van der Waals surface area contributed by atoms with Crippen LogP contribution in [0.2, 0.25) is 0 Å². The lowest BCUT2D eigenvalue weighted by molar-refractivity contribution is 0.954. The van der Waals surface area contributed by atoms with Gasteiger partial charge in [0.2, 0.25) is 0 Å². The Hall–Kier alpha value is -1.01. The van der Waals surface area contributed by atoms with Gasteiger partial charge >= 0.3 is 0 Å². The highest BCUT2D eigenvalue weighted by molar-refractivity contribution is 7.15. The van der Waals surface area contributed by atoms with E-state index in [4.69, 9.17) is 6.42 Å². The summed E-state index contributed by atoms with van der Waals surface area (Å²) in [7, 11) is 4.00. The fourth-order valence-electron chi connectivity index (χ4n) is 1.28. The summed E-state index contributed by atoms with van der Waals surface area (Å²) in [5.74, 6) is 2.87. The molecular weight excluding hydrogens is 180 g/mol. The highest BCUT2D eigenvalue weighted by atomic mass is 32.1. The molecule has 2 rings (SSSR count). The molecule has 1 heterocycles. The summed E-state index contributed by atoms with van der Waals surface area (Å²) in [4.78, 5) is 7.58. The molecule has 0 radical (unpaired) electrons. The molecule has 0 aromatic carbocycles. The lowest BCUT2D eigenvalue weighted by Crippen LogP contribution is -2.07. The van der Waals surface area contributed by atoms with Crippen molar-refractivity contribution in [3.63, 3.8) is 0 Å².